The Morgan fingerprint density at radius 1 is 1.02 bits per heavy atom. The second kappa shape index (κ2) is 15.8. The number of nitrogens with one attached hydrogen (secondary N) is 1. The molecule has 0 aliphatic heterocycles. The molecule has 5 aromatic rings. The number of amides is 1. The quantitative estimate of drug-likeness (QED) is 0.155. The molecular formula is C38H40F3N7O5S. The lowest BCUT2D eigenvalue weighted by Crippen LogP contribution is -2.36. The normalized spacial score (nSPS) is 13.6. The number of alkyl halides is 3. The zero-order valence-corrected chi connectivity index (χ0v) is 31.0. The number of hydrogen-bond acceptors (Lipinski definition) is 7. The Bertz CT molecular complexity index is 2350. The van der Waals surface area contributed by atoms with E-state index in [4.69, 9.17) is 0 Å². The Kier molecular flexibility index (Phi) is 11.7. The van der Waals surface area contributed by atoms with Crippen LogP contribution in [0.25, 0.3) is 22.8 Å². The van der Waals surface area contributed by atoms with Gasteiger partial charge in [-0.05, 0) is 73.0 Å². The smallest absolute Gasteiger partial charge is 0.416 e. The Morgan fingerprint density at radius 3 is 2.30 bits per heavy atom. The fourth-order valence-corrected chi connectivity index (χ4v) is 6.81. The molecule has 54 heavy (non-hydrogen) atoms. The zero-order chi connectivity index (χ0) is 39.4. The summed E-state index contributed by atoms with van der Waals surface area (Å²) in [5.74, 6) is -0.587. The fourth-order valence-electron chi connectivity index (χ4n) is 6.32. The summed E-state index contributed by atoms with van der Waals surface area (Å²) in [7, 11) is 3.48. The lowest BCUT2D eigenvalue weighted by atomic mass is 10.0. The SMILES string of the molecule is Cn1c(-c2ccnn2-c2ccc(C#N)cc2CC[N+](C)(C)C)c(C(=O)NC2CCCC2)c(=O)n1-c1cccc(C(F)(F)F)c1.O=S(=O)([O-])c1ccccc1. The highest BCUT2D eigenvalue weighted by atomic mass is 32.2. The summed E-state index contributed by atoms with van der Waals surface area (Å²) in [5, 5.41) is 17.1. The minimum absolute atomic E-state index is 0.0263. The van der Waals surface area contributed by atoms with Gasteiger partial charge in [0.25, 0.3) is 11.5 Å². The second-order valence-corrected chi connectivity index (χ2v) is 15.4. The fraction of sp³-hybridized carbons (Fsp3) is 0.316. The third-order valence-electron chi connectivity index (χ3n) is 9.01. The molecule has 1 aliphatic rings. The maximum Gasteiger partial charge on any atom is 0.416 e. The lowest BCUT2D eigenvalue weighted by Gasteiger charge is -2.24. The van der Waals surface area contributed by atoms with Crippen LogP contribution >= 0.6 is 0 Å². The van der Waals surface area contributed by atoms with Gasteiger partial charge in [-0.25, -0.2) is 17.8 Å². The molecule has 1 aliphatic carbocycles. The molecule has 2 aromatic heterocycles. The van der Waals surface area contributed by atoms with Gasteiger partial charge in [-0.2, -0.15) is 23.5 Å². The summed E-state index contributed by atoms with van der Waals surface area (Å²) in [6, 6.07) is 20.7. The number of quaternary nitrogens is 1. The predicted octanol–water partition coefficient (Wildman–Crippen LogP) is 5.43. The van der Waals surface area contributed by atoms with Crippen molar-refractivity contribution in [1.29, 1.82) is 5.26 Å². The van der Waals surface area contributed by atoms with Crippen molar-refractivity contribution in [3.63, 3.8) is 0 Å². The highest BCUT2D eigenvalue weighted by molar-refractivity contribution is 7.85. The molecule has 0 spiro atoms. The third-order valence-corrected chi connectivity index (χ3v) is 9.86. The van der Waals surface area contributed by atoms with E-state index in [2.05, 4.69) is 37.6 Å². The Morgan fingerprint density at radius 2 is 1.70 bits per heavy atom. The van der Waals surface area contributed by atoms with Crippen molar-refractivity contribution in [2.24, 2.45) is 7.05 Å². The lowest BCUT2D eigenvalue weighted by molar-refractivity contribution is -0.870. The molecule has 2 heterocycles. The van der Waals surface area contributed by atoms with Crippen molar-refractivity contribution >= 4 is 16.0 Å². The number of benzene rings is 3. The number of nitriles is 1. The minimum Gasteiger partial charge on any atom is -0.744 e. The van der Waals surface area contributed by atoms with E-state index in [1.54, 1.807) is 41.2 Å². The number of halogens is 3. The molecule has 0 atom stereocenters. The van der Waals surface area contributed by atoms with Crippen LogP contribution in [-0.2, 0) is 29.8 Å². The molecule has 0 bridgehead atoms. The Balaban J connectivity index is 0.000000486. The van der Waals surface area contributed by atoms with Crippen LogP contribution in [0, 0.1) is 11.3 Å². The van der Waals surface area contributed by atoms with Gasteiger partial charge in [-0.1, -0.05) is 37.1 Å². The van der Waals surface area contributed by atoms with Crippen LogP contribution in [0.4, 0.5) is 13.2 Å². The van der Waals surface area contributed by atoms with Gasteiger partial charge in [0, 0.05) is 19.5 Å². The van der Waals surface area contributed by atoms with E-state index >= 15 is 0 Å². The number of carbonyl (C=O) groups excluding carboxylic acids is 1. The topological polar surface area (TPSA) is 155 Å². The average Bonchev–Trinajstić information content (AvgIpc) is 3.86. The van der Waals surface area contributed by atoms with Gasteiger partial charge in [-0.3, -0.25) is 14.3 Å². The van der Waals surface area contributed by atoms with E-state index in [9.17, 15) is 41.0 Å². The van der Waals surface area contributed by atoms with Crippen molar-refractivity contribution in [1.82, 2.24) is 24.5 Å². The summed E-state index contributed by atoms with van der Waals surface area (Å²) in [5.41, 5.74) is 0.757. The summed E-state index contributed by atoms with van der Waals surface area (Å²) in [6.45, 7) is 0.762. The number of nitrogens with zero attached hydrogens (tertiary/aromatic N) is 6. The van der Waals surface area contributed by atoms with Crippen LogP contribution < -0.4 is 10.9 Å². The zero-order valence-electron chi connectivity index (χ0n) is 30.2. The van der Waals surface area contributed by atoms with Crippen molar-refractivity contribution in [3.05, 3.63) is 118 Å². The number of hydrogen-bond donors (Lipinski definition) is 1. The molecular weight excluding hydrogens is 724 g/mol. The van der Waals surface area contributed by atoms with Crippen LogP contribution in [0.2, 0.25) is 0 Å². The van der Waals surface area contributed by atoms with E-state index in [0.717, 1.165) is 54.6 Å². The molecule has 1 amide bonds. The first kappa shape index (κ1) is 39.7. The minimum atomic E-state index is -4.62. The van der Waals surface area contributed by atoms with Gasteiger partial charge in [0.05, 0.1) is 73.0 Å². The monoisotopic (exact) mass is 763 g/mol. The molecule has 1 N–H and O–H groups in total. The van der Waals surface area contributed by atoms with Crippen molar-refractivity contribution < 1.29 is 35.4 Å². The molecule has 16 heteroatoms. The molecule has 0 saturated heterocycles. The van der Waals surface area contributed by atoms with Crippen LogP contribution in [0.1, 0.15) is 52.7 Å². The van der Waals surface area contributed by atoms with E-state index < -0.39 is 33.3 Å². The third kappa shape index (κ3) is 9.16. The standard InChI is InChI=1S/C32H34F3N7O2.C6H6O3S/c1-39-29(27-14-16-37-40(27)26-13-12-21(20-36)18-22(26)15-17-42(2,3)4)28(30(43)38-24-9-5-6-10-24)31(44)41(39)25-11-7-8-23(19-25)32(33,34)35;7-10(8,9)6-4-2-1-3-5-6/h7-8,11-14,16,18-19,24H,5-6,9-10,15,17H2,1-4H3;1-5H,(H,7,8,9). The number of aromatic nitrogens is 4. The molecule has 6 rings (SSSR count). The first-order chi connectivity index (χ1) is 25.4. The summed E-state index contributed by atoms with van der Waals surface area (Å²) in [4.78, 5) is 27.6. The van der Waals surface area contributed by atoms with Crippen molar-refractivity contribution in [2.75, 3.05) is 27.7 Å². The van der Waals surface area contributed by atoms with Gasteiger partial charge in [-0.15, -0.1) is 0 Å². The first-order valence-electron chi connectivity index (χ1n) is 17.1. The van der Waals surface area contributed by atoms with Crippen molar-refractivity contribution in [2.45, 2.75) is 49.2 Å². The highest BCUT2D eigenvalue weighted by Gasteiger charge is 2.33. The Labute approximate surface area is 311 Å². The van der Waals surface area contributed by atoms with E-state index in [1.165, 1.54) is 48.1 Å². The van der Waals surface area contributed by atoms with Gasteiger partial charge >= 0.3 is 6.18 Å². The summed E-state index contributed by atoms with van der Waals surface area (Å²) in [6.07, 6.45) is 1.04. The average molecular weight is 764 g/mol. The maximum atomic E-state index is 14.0. The van der Waals surface area contributed by atoms with Gasteiger partial charge < -0.3 is 14.4 Å². The second-order valence-electron chi connectivity index (χ2n) is 14.0. The van der Waals surface area contributed by atoms with Crippen LogP contribution in [0.15, 0.2) is 94.7 Å². The van der Waals surface area contributed by atoms with Gasteiger partial charge in [0.15, 0.2) is 0 Å². The van der Waals surface area contributed by atoms with Gasteiger partial charge in [0.2, 0.25) is 0 Å². The summed E-state index contributed by atoms with van der Waals surface area (Å²) >= 11 is 0. The number of carbonyl (C=O) groups is 1. The molecule has 3 aromatic carbocycles. The number of likely N-dealkylation sites (N-methyl/N-ethyl adjacent to an activating group) is 1. The maximum absolute atomic E-state index is 14.0. The van der Waals surface area contributed by atoms with Crippen molar-refractivity contribution in [3.8, 4) is 28.8 Å². The van der Waals surface area contributed by atoms with Crippen LogP contribution in [-0.4, -0.2) is 76.2 Å². The molecule has 0 unspecified atom stereocenters. The highest BCUT2D eigenvalue weighted by Crippen LogP contribution is 2.32. The molecule has 284 valence electrons. The van der Waals surface area contributed by atoms with E-state index in [-0.39, 0.29) is 27.9 Å². The van der Waals surface area contributed by atoms with Gasteiger partial charge in [0.1, 0.15) is 21.4 Å². The molecule has 1 saturated carbocycles. The van der Waals surface area contributed by atoms with Crippen LogP contribution in [0.5, 0.6) is 0 Å². The molecule has 0 radical (unpaired) electrons. The predicted molar refractivity (Wildman–Crippen MR) is 194 cm³/mol. The number of rotatable bonds is 9. The summed E-state index contributed by atoms with van der Waals surface area (Å²) < 4.78 is 76.5. The first-order valence-corrected chi connectivity index (χ1v) is 18.5. The molecule has 1 fully saturated rings. The van der Waals surface area contributed by atoms with E-state index in [0.29, 0.717) is 27.8 Å². The largest absolute Gasteiger partial charge is 0.744 e. The Hall–Kier alpha value is -5.50. The van der Waals surface area contributed by atoms with E-state index in [1.807, 2.05) is 0 Å². The van der Waals surface area contributed by atoms with Crippen LogP contribution in [0.3, 0.4) is 0 Å². The molecule has 12 nitrogen and oxygen atoms in total.